The zero-order valence-electron chi connectivity index (χ0n) is 10.7. The number of carboxylic acids is 1. The molecule has 1 aromatic rings. The summed E-state index contributed by atoms with van der Waals surface area (Å²) in [6, 6.07) is 6.58. The average Bonchev–Trinajstić information content (AvgIpc) is 2.36. The van der Waals surface area contributed by atoms with Gasteiger partial charge >= 0.3 is 5.97 Å². The molecule has 1 rings (SSSR count). The molecule has 19 heavy (non-hydrogen) atoms. The molecule has 0 spiro atoms. The number of carboxylic acid groups (broad SMARTS) is 1. The first-order chi connectivity index (χ1) is 9.02. The van der Waals surface area contributed by atoms with Crippen LogP contribution < -0.4 is 5.32 Å². The Hall–Kier alpha value is -1.69. The van der Waals surface area contributed by atoms with Crippen molar-refractivity contribution in [1.29, 1.82) is 0 Å². The smallest absolute Gasteiger partial charge is 0.307 e. The molecule has 0 saturated carbocycles. The van der Waals surface area contributed by atoms with E-state index in [-0.39, 0.29) is 24.5 Å². The fraction of sp³-hybridized carbons (Fsp3) is 0.385. The van der Waals surface area contributed by atoms with E-state index in [9.17, 15) is 13.8 Å². The maximum atomic E-state index is 11.9. The number of rotatable bonds is 7. The molecule has 0 bridgehead atoms. The monoisotopic (exact) mass is 283 g/mol. The molecular weight excluding hydrogens is 266 g/mol. The van der Waals surface area contributed by atoms with Crippen LogP contribution in [0, 0.1) is 0 Å². The molecule has 1 amide bonds. The molecule has 6 heteroatoms. The highest BCUT2D eigenvalue weighted by atomic mass is 32.2. The third-order valence-electron chi connectivity index (χ3n) is 2.43. The summed E-state index contributed by atoms with van der Waals surface area (Å²) in [5.41, 5.74) is 0.664. The van der Waals surface area contributed by atoms with Gasteiger partial charge in [0.2, 0.25) is 5.91 Å². The van der Waals surface area contributed by atoms with Crippen LogP contribution in [0.5, 0.6) is 0 Å². The summed E-state index contributed by atoms with van der Waals surface area (Å²) in [7, 11) is -1.24. The fourth-order valence-electron chi connectivity index (χ4n) is 1.52. The van der Waals surface area contributed by atoms with Crippen LogP contribution in [0.1, 0.15) is 18.9 Å². The van der Waals surface area contributed by atoms with Crippen molar-refractivity contribution >= 4 is 22.7 Å². The van der Waals surface area contributed by atoms with Gasteiger partial charge < -0.3 is 10.4 Å². The molecule has 0 aliphatic heterocycles. The Morgan fingerprint density at radius 3 is 2.42 bits per heavy atom. The van der Waals surface area contributed by atoms with Crippen molar-refractivity contribution in [2.45, 2.75) is 24.7 Å². The van der Waals surface area contributed by atoms with Gasteiger partial charge in [-0.05, 0) is 24.6 Å². The lowest BCUT2D eigenvalue weighted by atomic mass is 10.2. The molecule has 0 aliphatic carbocycles. The molecule has 2 N–H and O–H groups in total. The first-order valence-electron chi connectivity index (χ1n) is 5.98. The summed E-state index contributed by atoms with van der Waals surface area (Å²) < 4.78 is 11.9. The minimum Gasteiger partial charge on any atom is -0.481 e. The molecule has 0 saturated heterocycles. The van der Waals surface area contributed by atoms with Gasteiger partial charge in [0.1, 0.15) is 0 Å². The van der Waals surface area contributed by atoms with E-state index in [2.05, 4.69) is 5.32 Å². The van der Waals surface area contributed by atoms with Crippen LogP contribution in [0.25, 0.3) is 0 Å². The van der Waals surface area contributed by atoms with Gasteiger partial charge in [0, 0.05) is 23.6 Å². The van der Waals surface area contributed by atoms with Crippen molar-refractivity contribution in [1.82, 2.24) is 5.32 Å². The van der Waals surface area contributed by atoms with Gasteiger partial charge in [0.15, 0.2) is 0 Å². The van der Waals surface area contributed by atoms with E-state index in [0.717, 1.165) is 0 Å². The predicted molar refractivity (Wildman–Crippen MR) is 72.4 cm³/mol. The van der Waals surface area contributed by atoms with Crippen molar-refractivity contribution in [3.05, 3.63) is 29.8 Å². The lowest BCUT2D eigenvalue weighted by Gasteiger charge is -2.04. The standard InChI is InChI=1S/C13H17NO4S/c1-2-14-12(15)7-8-19(18)11-5-3-10(4-6-11)9-13(16)17/h3-6H,2,7-9H2,1H3,(H,14,15)(H,16,17). The van der Waals surface area contributed by atoms with Crippen LogP contribution in [-0.4, -0.2) is 33.5 Å². The van der Waals surface area contributed by atoms with Crippen LogP contribution in [-0.2, 0) is 26.8 Å². The normalized spacial score (nSPS) is 11.8. The topological polar surface area (TPSA) is 83.5 Å². The number of carbonyl (C=O) groups excluding carboxylic acids is 1. The SMILES string of the molecule is CCNC(=O)CCS(=O)c1ccc(CC(=O)O)cc1. The highest BCUT2D eigenvalue weighted by Crippen LogP contribution is 2.10. The van der Waals surface area contributed by atoms with E-state index >= 15 is 0 Å². The third kappa shape index (κ3) is 5.65. The maximum absolute atomic E-state index is 11.9. The second-order valence-corrected chi connectivity index (χ2v) is 5.54. The summed E-state index contributed by atoms with van der Waals surface area (Å²) in [5.74, 6) is -0.743. The van der Waals surface area contributed by atoms with Gasteiger partial charge in [-0.25, -0.2) is 0 Å². The maximum Gasteiger partial charge on any atom is 0.307 e. The van der Waals surface area contributed by atoms with E-state index in [1.54, 1.807) is 24.3 Å². The Morgan fingerprint density at radius 2 is 1.89 bits per heavy atom. The van der Waals surface area contributed by atoms with Gasteiger partial charge in [0.25, 0.3) is 0 Å². The Morgan fingerprint density at radius 1 is 1.26 bits per heavy atom. The molecule has 104 valence electrons. The first-order valence-corrected chi connectivity index (χ1v) is 7.30. The summed E-state index contributed by atoms with van der Waals surface area (Å²) in [6.07, 6.45) is 0.170. The van der Waals surface area contributed by atoms with Gasteiger partial charge in [-0.15, -0.1) is 0 Å². The van der Waals surface area contributed by atoms with E-state index in [0.29, 0.717) is 17.0 Å². The molecular formula is C13H17NO4S. The molecule has 1 aromatic carbocycles. The number of hydrogen-bond donors (Lipinski definition) is 2. The zero-order valence-corrected chi connectivity index (χ0v) is 11.5. The van der Waals surface area contributed by atoms with Gasteiger partial charge in [0.05, 0.1) is 17.2 Å². The van der Waals surface area contributed by atoms with Gasteiger partial charge in [-0.3, -0.25) is 13.8 Å². The van der Waals surface area contributed by atoms with Crippen LogP contribution >= 0.6 is 0 Å². The molecule has 1 atom stereocenters. The summed E-state index contributed by atoms with van der Waals surface area (Å²) in [6.45, 7) is 2.39. The Balaban J connectivity index is 2.53. The van der Waals surface area contributed by atoms with Crippen molar-refractivity contribution in [3.63, 3.8) is 0 Å². The second-order valence-electron chi connectivity index (χ2n) is 3.97. The lowest BCUT2D eigenvalue weighted by molar-refractivity contribution is -0.136. The Labute approximate surface area is 114 Å². The van der Waals surface area contributed by atoms with Crippen LogP contribution in [0.2, 0.25) is 0 Å². The minimum absolute atomic E-state index is 0.0498. The van der Waals surface area contributed by atoms with Crippen LogP contribution in [0.4, 0.5) is 0 Å². The van der Waals surface area contributed by atoms with Crippen molar-refractivity contribution in [3.8, 4) is 0 Å². The summed E-state index contributed by atoms with van der Waals surface area (Å²) in [4.78, 5) is 22.4. The number of amides is 1. The van der Waals surface area contributed by atoms with E-state index in [1.807, 2.05) is 6.92 Å². The molecule has 1 unspecified atom stereocenters. The van der Waals surface area contributed by atoms with Crippen molar-refractivity contribution in [2.24, 2.45) is 0 Å². The van der Waals surface area contributed by atoms with Gasteiger partial charge in [-0.1, -0.05) is 12.1 Å². The summed E-state index contributed by atoms with van der Waals surface area (Å²) >= 11 is 0. The lowest BCUT2D eigenvalue weighted by Crippen LogP contribution is -2.24. The zero-order chi connectivity index (χ0) is 14.3. The number of benzene rings is 1. The van der Waals surface area contributed by atoms with E-state index in [1.165, 1.54) is 0 Å². The van der Waals surface area contributed by atoms with Crippen LogP contribution in [0.15, 0.2) is 29.2 Å². The first kappa shape index (κ1) is 15.4. The van der Waals surface area contributed by atoms with E-state index in [4.69, 9.17) is 5.11 Å². The predicted octanol–water partition coefficient (Wildman–Crippen LogP) is 0.947. The number of nitrogens with one attached hydrogen (secondary N) is 1. The number of hydrogen-bond acceptors (Lipinski definition) is 3. The molecule has 0 radical (unpaired) electrons. The minimum atomic E-state index is -1.24. The molecule has 0 heterocycles. The highest BCUT2D eigenvalue weighted by Gasteiger charge is 2.08. The highest BCUT2D eigenvalue weighted by molar-refractivity contribution is 7.85. The quantitative estimate of drug-likeness (QED) is 0.780. The molecule has 0 aliphatic rings. The number of aliphatic carboxylic acids is 1. The molecule has 5 nitrogen and oxygen atoms in total. The number of carbonyl (C=O) groups is 2. The average molecular weight is 283 g/mol. The van der Waals surface area contributed by atoms with Crippen molar-refractivity contribution < 1.29 is 18.9 Å². The Kier molecular flexibility index (Phi) is 6.21. The Bertz CT molecular complexity index is 470. The molecule has 0 aromatic heterocycles. The molecule has 0 fully saturated rings. The van der Waals surface area contributed by atoms with Crippen LogP contribution in [0.3, 0.4) is 0 Å². The van der Waals surface area contributed by atoms with Gasteiger partial charge in [-0.2, -0.15) is 0 Å². The van der Waals surface area contributed by atoms with Crippen molar-refractivity contribution in [2.75, 3.05) is 12.3 Å². The largest absolute Gasteiger partial charge is 0.481 e. The van der Waals surface area contributed by atoms with E-state index < -0.39 is 16.8 Å². The summed E-state index contributed by atoms with van der Waals surface area (Å²) in [5, 5.41) is 11.3. The second kappa shape index (κ2) is 7.68. The fourth-order valence-corrected chi connectivity index (χ4v) is 2.57. The third-order valence-corrected chi connectivity index (χ3v) is 3.80.